The van der Waals surface area contributed by atoms with E-state index in [1.54, 1.807) is 0 Å². The maximum absolute atomic E-state index is 12.3. The predicted octanol–water partition coefficient (Wildman–Crippen LogP) is 2.25. The molecule has 7 heteroatoms. The Labute approximate surface area is 127 Å². The van der Waals surface area contributed by atoms with Crippen LogP contribution in [-0.4, -0.2) is 39.8 Å². The van der Waals surface area contributed by atoms with Crippen molar-refractivity contribution in [3.05, 3.63) is 0 Å². The van der Waals surface area contributed by atoms with Crippen LogP contribution in [0.25, 0.3) is 0 Å². The second-order valence-electron chi connectivity index (χ2n) is 5.63. The van der Waals surface area contributed by atoms with Crippen molar-refractivity contribution in [3.63, 3.8) is 0 Å². The van der Waals surface area contributed by atoms with E-state index in [0.717, 1.165) is 29.3 Å². The van der Waals surface area contributed by atoms with Gasteiger partial charge in [-0.2, -0.15) is 0 Å². The quantitative estimate of drug-likeness (QED) is 0.867. The molecule has 1 aromatic heterocycles. The summed E-state index contributed by atoms with van der Waals surface area (Å²) < 4.78 is 0.781. The molecule has 20 heavy (non-hydrogen) atoms. The average molecular weight is 312 g/mol. The fraction of sp³-hybridized carbons (Fsp3) is 0.769. The minimum atomic E-state index is 0.229. The molecule has 1 aliphatic heterocycles. The molecule has 2 atom stereocenters. The van der Waals surface area contributed by atoms with Crippen molar-refractivity contribution in [1.82, 2.24) is 15.1 Å². The van der Waals surface area contributed by atoms with Crippen molar-refractivity contribution in [2.24, 2.45) is 11.8 Å². The summed E-state index contributed by atoms with van der Waals surface area (Å²) in [4.78, 5) is 14.3. The number of thioether (sulfide) groups is 1. The number of fused-ring (bicyclic) bond motifs is 1. The molecule has 2 N–H and O–H groups in total. The van der Waals surface area contributed by atoms with Crippen LogP contribution < -0.4 is 5.73 Å². The number of aromatic nitrogens is 2. The van der Waals surface area contributed by atoms with Crippen molar-refractivity contribution in [3.8, 4) is 0 Å². The van der Waals surface area contributed by atoms with Gasteiger partial charge in [0.1, 0.15) is 0 Å². The Balaban J connectivity index is 1.50. The molecule has 1 saturated carbocycles. The number of anilines is 1. The van der Waals surface area contributed by atoms with Gasteiger partial charge in [-0.15, -0.1) is 10.2 Å². The molecule has 2 fully saturated rings. The number of likely N-dealkylation sites (tertiary alicyclic amines) is 1. The molecule has 1 amide bonds. The van der Waals surface area contributed by atoms with Crippen LogP contribution in [0.5, 0.6) is 0 Å². The maximum atomic E-state index is 12.3. The number of nitrogens with zero attached hydrogens (tertiary/aromatic N) is 3. The normalized spacial score (nSPS) is 26.3. The lowest BCUT2D eigenvalue weighted by Gasteiger charge is -2.41. The Morgan fingerprint density at radius 3 is 2.85 bits per heavy atom. The fourth-order valence-corrected chi connectivity index (χ4v) is 4.86. The lowest BCUT2D eigenvalue weighted by Crippen LogP contribution is -2.45. The number of carbonyl (C=O) groups excluding carboxylic acids is 1. The third kappa shape index (κ3) is 3.25. The number of piperidine rings is 1. The first-order chi connectivity index (χ1) is 9.72. The first-order valence-electron chi connectivity index (χ1n) is 7.22. The van der Waals surface area contributed by atoms with Crippen LogP contribution in [0.4, 0.5) is 5.13 Å². The van der Waals surface area contributed by atoms with Crippen molar-refractivity contribution in [1.29, 1.82) is 0 Å². The van der Waals surface area contributed by atoms with E-state index in [1.165, 1.54) is 55.2 Å². The number of rotatable bonds is 3. The van der Waals surface area contributed by atoms with E-state index in [0.29, 0.717) is 10.9 Å². The van der Waals surface area contributed by atoms with Gasteiger partial charge in [-0.3, -0.25) is 4.79 Å². The zero-order valence-electron chi connectivity index (χ0n) is 11.5. The van der Waals surface area contributed by atoms with Gasteiger partial charge < -0.3 is 10.6 Å². The van der Waals surface area contributed by atoms with Gasteiger partial charge in [-0.25, -0.2) is 0 Å². The van der Waals surface area contributed by atoms with Gasteiger partial charge in [0.25, 0.3) is 0 Å². The molecule has 5 nitrogen and oxygen atoms in total. The minimum Gasteiger partial charge on any atom is -0.374 e. The summed E-state index contributed by atoms with van der Waals surface area (Å²) in [5.74, 6) is 2.28. The Morgan fingerprint density at radius 2 is 2.10 bits per heavy atom. The average Bonchev–Trinajstić information content (AvgIpc) is 2.90. The second-order valence-corrected chi connectivity index (χ2v) is 7.86. The highest BCUT2D eigenvalue weighted by molar-refractivity contribution is 8.01. The number of nitrogens with two attached hydrogens (primary N) is 1. The second kappa shape index (κ2) is 6.30. The zero-order chi connectivity index (χ0) is 13.9. The number of carbonyl (C=O) groups is 1. The highest BCUT2D eigenvalue weighted by atomic mass is 32.2. The third-order valence-electron chi connectivity index (χ3n) is 4.39. The maximum Gasteiger partial charge on any atom is 0.233 e. The molecule has 0 aromatic carbocycles. The topological polar surface area (TPSA) is 72.1 Å². The van der Waals surface area contributed by atoms with Crippen LogP contribution in [0.2, 0.25) is 0 Å². The zero-order valence-corrected chi connectivity index (χ0v) is 13.1. The molecule has 0 unspecified atom stereocenters. The van der Waals surface area contributed by atoms with Gasteiger partial charge in [0.2, 0.25) is 11.0 Å². The van der Waals surface area contributed by atoms with E-state index in [9.17, 15) is 4.79 Å². The molecule has 3 rings (SSSR count). The first kappa shape index (κ1) is 14.1. The van der Waals surface area contributed by atoms with Crippen LogP contribution in [-0.2, 0) is 4.79 Å². The fourth-order valence-electron chi connectivity index (χ4n) is 3.32. The van der Waals surface area contributed by atoms with Crippen molar-refractivity contribution in [2.75, 3.05) is 24.6 Å². The van der Waals surface area contributed by atoms with Gasteiger partial charge in [0.15, 0.2) is 4.34 Å². The molecule has 1 aromatic rings. The molecule has 1 saturated heterocycles. The number of nitrogen functional groups attached to an aromatic ring is 1. The van der Waals surface area contributed by atoms with Gasteiger partial charge in [-0.05, 0) is 24.7 Å². The molecular formula is C13H20N4OS2. The Morgan fingerprint density at radius 1 is 1.30 bits per heavy atom. The highest BCUT2D eigenvalue weighted by Crippen LogP contribution is 2.36. The molecule has 2 heterocycles. The lowest BCUT2D eigenvalue weighted by atomic mass is 9.75. The van der Waals surface area contributed by atoms with E-state index in [4.69, 9.17) is 5.73 Å². The molecule has 0 radical (unpaired) electrons. The van der Waals surface area contributed by atoms with Crippen LogP contribution in [0, 0.1) is 11.8 Å². The van der Waals surface area contributed by atoms with E-state index >= 15 is 0 Å². The standard InChI is InChI=1S/C13H20N4OS2/c14-12-15-16-13(20-12)19-8-11(18)17-6-5-9-3-1-2-4-10(9)7-17/h9-10H,1-8H2,(H2,14,15)/t9-,10+/m0/s1. The van der Waals surface area contributed by atoms with Gasteiger partial charge in [0, 0.05) is 13.1 Å². The van der Waals surface area contributed by atoms with Crippen LogP contribution in [0.3, 0.4) is 0 Å². The first-order valence-corrected chi connectivity index (χ1v) is 9.02. The van der Waals surface area contributed by atoms with Crippen LogP contribution in [0.1, 0.15) is 32.1 Å². The largest absolute Gasteiger partial charge is 0.374 e. The van der Waals surface area contributed by atoms with Gasteiger partial charge in [0.05, 0.1) is 5.75 Å². The summed E-state index contributed by atoms with van der Waals surface area (Å²) in [7, 11) is 0. The summed E-state index contributed by atoms with van der Waals surface area (Å²) in [6, 6.07) is 0. The number of amides is 1. The molecule has 0 bridgehead atoms. The van der Waals surface area contributed by atoms with E-state index in [1.807, 2.05) is 4.90 Å². The number of hydrogen-bond acceptors (Lipinski definition) is 6. The highest BCUT2D eigenvalue weighted by Gasteiger charge is 2.32. The predicted molar refractivity (Wildman–Crippen MR) is 81.7 cm³/mol. The molecule has 0 spiro atoms. The van der Waals surface area contributed by atoms with Crippen molar-refractivity contribution >= 4 is 34.1 Å². The molecule has 110 valence electrons. The van der Waals surface area contributed by atoms with Crippen molar-refractivity contribution < 1.29 is 4.79 Å². The lowest BCUT2D eigenvalue weighted by molar-refractivity contribution is -0.131. The molecule has 2 aliphatic rings. The summed E-state index contributed by atoms with van der Waals surface area (Å²) in [6.07, 6.45) is 6.57. The van der Waals surface area contributed by atoms with Gasteiger partial charge >= 0.3 is 0 Å². The summed E-state index contributed by atoms with van der Waals surface area (Å²) in [5.41, 5.74) is 5.54. The molecular weight excluding hydrogens is 292 g/mol. The SMILES string of the molecule is Nc1nnc(SCC(=O)N2CC[C@@H]3CCCC[C@@H]3C2)s1. The monoisotopic (exact) mass is 312 g/mol. The van der Waals surface area contributed by atoms with E-state index < -0.39 is 0 Å². The van der Waals surface area contributed by atoms with Gasteiger partial charge in [-0.1, -0.05) is 42.4 Å². The summed E-state index contributed by atoms with van der Waals surface area (Å²) in [5, 5.41) is 8.16. The van der Waals surface area contributed by atoms with E-state index in [-0.39, 0.29) is 5.91 Å². The number of hydrogen-bond donors (Lipinski definition) is 1. The van der Waals surface area contributed by atoms with Crippen molar-refractivity contribution in [2.45, 2.75) is 36.4 Å². The Hall–Kier alpha value is -0.820. The Kier molecular flexibility index (Phi) is 4.45. The summed E-state index contributed by atoms with van der Waals surface area (Å²) in [6.45, 7) is 1.89. The smallest absolute Gasteiger partial charge is 0.233 e. The summed E-state index contributed by atoms with van der Waals surface area (Å²) >= 11 is 2.79. The van der Waals surface area contributed by atoms with Crippen LogP contribution in [0.15, 0.2) is 4.34 Å². The minimum absolute atomic E-state index is 0.229. The Bertz CT molecular complexity index is 479. The van der Waals surface area contributed by atoms with E-state index in [2.05, 4.69) is 10.2 Å². The van der Waals surface area contributed by atoms with Crippen LogP contribution >= 0.6 is 23.1 Å². The third-order valence-corrected chi connectivity index (χ3v) is 6.26. The molecule has 1 aliphatic carbocycles.